The first-order valence-corrected chi connectivity index (χ1v) is 10.4. The molecule has 33 heavy (non-hydrogen) atoms. The fraction of sp³-hybridized carbons (Fsp3) is 0.0385. The molecule has 0 radical (unpaired) electrons. The summed E-state index contributed by atoms with van der Waals surface area (Å²) in [5, 5.41) is 4.85. The van der Waals surface area contributed by atoms with Gasteiger partial charge in [0.2, 0.25) is 0 Å². The summed E-state index contributed by atoms with van der Waals surface area (Å²) in [7, 11) is 1.59. The van der Waals surface area contributed by atoms with Crippen molar-refractivity contribution in [2.45, 2.75) is 0 Å². The van der Waals surface area contributed by atoms with Crippen molar-refractivity contribution in [3.05, 3.63) is 84.7 Å². The van der Waals surface area contributed by atoms with Crippen molar-refractivity contribution in [3.8, 4) is 5.75 Å². The number of nitrogens with zero attached hydrogens (tertiary/aromatic N) is 4. The van der Waals surface area contributed by atoms with E-state index in [1.54, 1.807) is 43.8 Å². The van der Waals surface area contributed by atoms with Crippen LogP contribution in [0.4, 0.5) is 5.69 Å². The van der Waals surface area contributed by atoms with E-state index in [9.17, 15) is 4.79 Å². The fourth-order valence-corrected chi connectivity index (χ4v) is 4.05. The van der Waals surface area contributed by atoms with E-state index in [0.29, 0.717) is 39.1 Å². The van der Waals surface area contributed by atoms with Gasteiger partial charge in [0, 0.05) is 40.5 Å². The SMILES string of the molecule is COc1cccc(NC(=O)c2ccc3nc4c5ncccc5c5cccnc5c4nc3c2)c1. The first kappa shape index (κ1) is 19.1. The summed E-state index contributed by atoms with van der Waals surface area (Å²) in [5.41, 5.74) is 5.32. The van der Waals surface area contributed by atoms with Gasteiger partial charge in [-0.1, -0.05) is 18.2 Å². The normalized spacial score (nSPS) is 11.3. The summed E-state index contributed by atoms with van der Waals surface area (Å²) in [4.78, 5) is 31.7. The Morgan fingerprint density at radius 1 is 0.758 bits per heavy atom. The standard InChI is InChI=1S/C26H17N5O2/c1-33-17-6-2-5-16(14-17)29-26(32)15-9-10-20-21(13-15)31-25-23-19(8-4-12-28-23)18-7-3-11-27-22(18)24(25)30-20/h2-14H,1H3,(H,29,32). The number of aromatic nitrogens is 4. The molecule has 6 rings (SSSR count). The molecule has 6 aromatic rings. The van der Waals surface area contributed by atoms with Crippen molar-refractivity contribution in [3.63, 3.8) is 0 Å². The lowest BCUT2D eigenvalue weighted by molar-refractivity contribution is 0.102. The minimum absolute atomic E-state index is 0.241. The number of nitrogens with one attached hydrogen (secondary N) is 1. The molecule has 0 unspecified atom stereocenters. The highest BCUT2D eigenvalue weighted by Gasteiger charge is 2.15. The molecule has 1 amide bonds. The largest absolute Gasteiger partial charge is 0.497 e. The van der Waals surface area contributed by atoms with Gasteiger partial charge in [-0.25, -0.2) is 9.97 Å². The van der Waals surface area contributed by atoms with Crippen LogP contribution in [0.1, 0.15) is 10.4 Å². The Balaban J connectivity index is 1.51. The van der Waals surface area contributed by atoms with Gasteiger partial charge < -0.3 is 10.1 Å². The average molecular weight is 431 g/mol. The smallest absolute Gasteiger partial charge is 0.255 e. The predicted octanol–water partition coefficient (Wildman–Crippen LogP) is 5.14. The Hall–Kier alpha value is -4.65. The summed E-state index contributed by atoms with van der Waals surface area (Å²) in [6.45, 7) is 0. The van der Waals surface area contributed by atoms with Gasteiger partial charge in [0.05, 0.1) is 29.2 Å². The zero-order chi connectivity index (χ0) is 22.4. The monoisotopic (exact) mass is 431 g/mol. The second kappa shape index (κ2) is 7.49. The minimum Gasteiger partial charge on any atom is -0.497 e. The van der Waals surface area contributed by atoms with Crippen LogP contribution in [0.25, 0.3) is 43.9 Å². The highest BCUT2D eigenvalue weighted by atomic mass is 16.5. The Morgan fingerprint density at radius 3 is 2.15 bits per heavy atom. The number of rotatable bonds is 3. The predicted molar refractivity (Wildman–Crippen MR) is 129 cm³/mol. The maximum Gasteiger partial charge on any atom is 0.255 e. The lowest BCUT2D eigenvalue weighted by Crippen LogP contribution is -2.12. The highest BCUT2D eigenvalue weighted by Crippen LogP contribution is 2.31. The molecule has 0 aliphatic rings. The van der Waals surface area contributed by atoms with Crippen LogP contribution in [-0.2, 0) is 0 Å². The molecule has 3 aromatic carbocycles. The Kier molecular flexibility index (Phi) is 4.33. The number of carbonyl (C=O) groups excluding carboxylic acids is 1. The van der Waals surface area contributed by atoms with Gasteiger partial charge in [-0.15, -0.1) is 0 Å². The molecule has 3 aromatic heterocycles. The van der Waals surface area contributed by atoms with Crippen molar-refractivity contribution >= 4 is 55.5 Å². The zero-order valence-corrected chi connectivity index (χ0v) is 17.6. The molecule has 0 fully saturated rings. The molecule has 0 spiro atoms. The number of anilines is 1. The number of benzene rings is 3. The number of hydrogen-bond acceptors (Lipinski definition) is 6. The van der Waals surface area contributed by atoms with Gasteiger partial charge in [-0.3, -0.25) is 14.8 Å². The van der Waals surface area contributed by atoms with E-state index in [-0.39, 0.29) is 5.91 Å². The number of amides is 1. The van der Waals surface area contributed by atoms with Crippen LogP contribution in [-0.4, -0.2) is 33.0 Å². The van der Waals surface area contributed by atoms with Gasteiger partial charge in [0.1, 0.15) is 16.8 Å². The molecule has 0 saturated carbocycles. The number of ether oxygens (including phenoxy) is 1. The number of carbonyl (C=O) groups is 1. The summed E-state index contributed by atoms with van der Waals surface area (Å²) in [5.74, 6) is 0.430. The molecule has 0 bridgehead atoms. The molecule has 158 valence electrons. The van der Waals surface area contributed by atoms with Crippen molar-refractivity contribution < 1.29 is 9.53 Å². The lowest BCUT2D eigenvalue weighted by Gasteiger charge is -2.10. The molecule has 0 aliphatic heterocycles. The number of pyridine rings is 2. The van der Waals surface area contributed by atoms with E-state index in [0.717, 1.165) is 21.8 Å². The molecular weight excluding hydrogens is 414 g/mol. The van der Waals surface area contributed by atoms with Crippen LogP contribution in [0.5, 0.6) is 5.75 Å². The van der Waals surface area contributed by atoms with E-state index in [2.05, 4.69) is 15.3 Å². The van der Waals surface area contributed by atoms with E-state index in [4.69, 9.17) is 14.7 Å². The van der Waals surface area contributed by atoms with Crippen LogP contribution >= 0.6 is 0 Å². The van der Waals surface area contributed by atoms with Gasteiger partial charge in [-0.2, -0.15) is 0 Å². The number of fused-ring (bicyclic) bond motifs is 7. The van der Waals surface area contributed by atoms with Gasteiger partial charge >= 0.3 is 0 Å². The van der Waals surface area contributed by atoms with Crippen molar-refractivity contribution in [1.82, 2.24) is 19.9 Å². The molecule has 1 N–H and O–H groups in total. The molecular formula is C26H17N5O2. The third kappa shape index (κ3) is 3.18. The maximum atomic E-state index is 12.9. The van der Waals surface area contributed by atoms with Gasteiger partial charge in [0.25, 0.3) is 5.91 Å². The molecule has 0 saturated heterocycles. The van der Waals surface area contributed by atoms with Crippen LogP contribution in [0.2, 0.25) is 0 Å². The third-order valence-corrected chi connectivity index (χ3v) is 5.61. The first-order valence-electron chi connectivity index (χ1n) is 10.4. The fourth-order valence-electron chi connectivity index (χ4n) is 4.05. The van der Waals surface area contributed by atoms with Crippen LogP contribution in [0.3, 0.4) is 0 Å². The zero-order valence-electron chi connectivity index (χ0n) is 17.6. The first-order chi connectivity index (χ1) is 16.2. The van der Waals surface area contributed by atoms with E-state index in [1.807, 2.05) is 42.5 Å². The quantitative estimate of drug-likeness (QED) is 0.308. The molecule has 0 atom stereocenters. The van der Waals surface area contributed by atoms with E-state index >= 15 is 0 Å². The molecule has 7 heteroatoms. The minimum atomic E-state index is -0.241. The Bertz CT molecular complexity index is 1710. The summed E-state index contributed by atoms with van der Waals surface area (Å²) >= 11 is 0. The van der Waals surface area contributed by atoms with Crippen molar-refractivity contribution in [2.24, 2.45) is 0 Å². The van der Waals surface area contributed by atoms with E-state index < -0.39 is 0 Å². The maximum absolute atomic E-state index is 12.9. The van der Waals surface area contributed by atoms with Crippen molar-refractivity contribution in [1.29, 1.82) is 0 Å². The summed E-state index contributed by atoms with van der Waals surface area (Å²) in [6.07, 6.45) is 3.50. The molecule has 7 nitrogen and oxygen atoms in total. The van der Waals surface area contributed by atoms with Crippen molar-refractivity contribution in [2.75, 3.05) is 12.4 Å². The lowest BCUT2D eigenvalue weighted by atomic mass is 10.1. The second-order valence-electron chi connectivity index (χ2n) is 7.61. The Morgan fingerprint density at radius 2 is 1.45 bits per heavy atom. The third-order valence-electron chi connectivity index (χ3n) is 5.61. The van der Waals surface area contributed by atoms with Crippen LogP contribution in [0, 0.1) is 0 Å². The molecule has 0 aliphatic carbocycles. The second-order valence-corrected chi connectivity index (χ2v) is 7.61. The van der Waals surface area contributed by atoms with Crippen LogP contribution < -0.4 is 10.1 Å². The van der Waals surface area contributed by atoms with Crippen LogP contribution in [0.15, 0.2) is 79.1 Å². The summed E-state index contributed by atoms with van der Waals surface area (Å²) in [6, 6.07) is 20.3. The number of methoxy groups -OCH3 is 1. The topological polar surface area (TPSA) is 89.9 Å². The summed E-state index contributed by atoms with van der Waals surface area (Å²) < 4.78 is 5.23. The van der Waals surface area contributed by atoms with Gasteiger partial charge in [0.15, 0.2) is 0 Å². The Labute approximate surface area is 188 Å². The average Bonchev–Trinajstić information content (AvgIpc) is 2.87. The van der Waals surface area contributed by atoms with E-state index in [1.165, 1.54) is 0 Å². The number of hydrogen-bond donors (Lipinski definition) is 1. The highest BCUT2D eigenvalue weighted by molar-refractivity contribution is 6.21. The molecule has 3 heterocycles. The van der Waals surface area contributed by atoms with Gasteiger partial charge in [-0.05, 0) is 42.5 Å².